The second kappa shape index (κ2) is 20.1. The summed E-state index contributed by atoms with van der Waals surface area (Å²) in [5.41, 5.74) is 1.01. The van der Waals surface area contributed by atoms with Crippen LogP contribution in [0.25, 0.3) is 45.3 Å². The summed E-state index contributed by atoms with van der Waals surface area (Å²) in [4.78, 5) is 46.1. The molecule has 0 unspecified atom stereocenters. The van der Waals surface area contributed by atoms with E-state index in [0.29, 0.717) is 28.9 Å². The van der Waals surface area contributed by atoms with Gasteiger partial charge in [0, 0.05) is 73.9 Å². The van der Waals surface area contributed by atoms with E-state index < -0.39 is 54.8 Å². The fourth-order valence-corrected chi connectivity index (χ4v) is 5.83. The first-order valence-corrected chi connectivity index (χ1v) is 23.6. The number of carbonyl (C=O) groups is 2. The van der Waals surface area contributed by atoms with E-state index in [1.165, 1.54) is 30.9 Å². The molecule has 6 rings (SSSR count). The lowest BCUT2D eigenvalue weighted by molar-refractivity contribution is -0.149. The number of aliphatic carboxylic acids is 2. The molecular formula is C42H46F6N10O7Si. The molecule has 0 atom stereocenters. The van der Waals surface area contributed by atoms with Crippen molar-refractivity contribution < 1.29 is 60.4 Å². The number of alkyl halides is 6. The normalized spacial score (nSPS) is 12.3. The number of pyridine rings is 4. The van der Waals surface area contributed by atoms with Gasteiger partial charge in [-0.3, -0.25) is 24.7 Å². The van der Waals surface area contributed by atoms with Crippen LogP contribution in [0.4, 0.5) is 26.3 Å². The van der Waals surface area contributed by atoms with Gasteiger partial charge in [0.2, 0.25) is 17.6 Å². The molecule has 0 aliphatic heterocycles. The van der Waals surface area contributed by atoms with Gasteiger partial charge in [-0.05, 0) is 58.0 Å². The number of hydrogen-bond acceptors (Lipinski definition) is 13. The molecule has 0 saturated heterocycles. The van der Waals surface area contributed by atoms with Crippen LogP contribution < -0.4 is 9.47 Å². The molecule has 17 nitrogen and oxygen atoms in total. The number of ether oxygens (including phenoxy) is 3. The van der Waals surface area contributed by atoms with E-state index in [1.807, 2.05) is 5.10 Å². The highest BCUT2D eigenvalue weighted by Gasteiger charge is 2.38. The Hall–Kier alpha value is -6.82. The summed E-state index contributed by atoms with van der Waals surface area (Å²) in [6.45, 7) is 12.9. The topological polar surface area (TPSA) is 226 Å². The fraction of sp³-hybridized carbons (Fsp3) is 0.381. The highest BCUT2D eigenvalue weighted by atomic mass is 28.3. The van der Waals surface area contributed by atoms with E-state index in [4.69, 9.17) is 19.3 Å². The smallest absolute Gasteiger partial charge is 0.453 e. The molecule has 0 fully saturated rings. The molecule has 66 heavy (non-hydrogen) atoms. The van der Waals surface area contributed by atoms with Gasteiger partial charge in [-0.15, -0.1) is 5.10 Å². The Labute approximate surface area is 374 Å². The highest BCUT2D eigenvalue weighted by Crippen LogP contribution is 2.31. The van der Waals surface area contributed by atoms with Gasteiger partial charge in [0.1, 0.15) is 31.3 Å². The van der Waals surface area contributed by atoms with Gasteiger partial charge in [0.05, 0.1) is 10.8 Å². The van der Waals surface area contributed by atoms with E-state index in [-0.39, 0.29) is 54.7 Å². The van der Waals surface area contributed by atoms with Gasteiger partial charge >= 0.3 is 24.3 Å². The summed E-state index contributed by atoms with van der Waals surface area (Å²) in [5.74, 6) is -4.07. The lowest BCUT2D eigenvalue weighted by Crippen LogP contribution is -2.30. The van der Waals surface area contributed by atoms with Crippen molar-refractivity contribution in [3.8, 4) is 57.1 Å². The lowest BCUT2D eigenvalue weighted by atomic mass is 9.95. The number of halogens is 6. The van der Waals surface area contributed by atoms with E-state index in [0.717, 1.165) is 10.7 Å². The molecule has 0 bridgehead atoms. The van der Waals surface area contributed by atoms with Crippen molar-refractivity contribution in [3.05, 3.63) is 85.0 Å². The molecule has 0 saturated carbocycles. The first-order valence-electron chi connectivity index (χ1n) is 19.9. The van der Waals surface area contributed by atoms with Crippen LogP contribution in [0.5, 0.6) is 11.8 Å². The summed E-state index contributed by atoms with van der Waals surface area (Å²) in [7, 11) is -1.36. The first kappa shape index (κ1) is 50.2. The summed E-state index contributed by atoms with van der Waals surface area (Å²) in [5, 5.41) is 27.2. The van der Waals surface area contributed by atoms with Gasteiger partial charge in [-0.1, -0.05) is 31.8 Å². The van der Waals surface area contributed by atoms with Crippen LogP contribution in [0.2, 0.25) is 25.7 Å². The third-order valence-electron chi connectivity index (χ3n) is 9.33. The molecule has 0 amide bonds. The minimum absolute atomic E-state index is 0.0402. The Bertz CT molecular complexity index is 2560. The van der Waals surface area contributed by atoms with Crippen LogP contribution in [-0.4, -0.2) is 99.9 Å². The number of nitrogens with one attached hydrogen (secondary N) is 1. The lowest BCUT2D eigenvalue weighted by Gasteiger charge is -2.18. The summed E-state index contributed by atoms with van der Waals surface area (Å²) >= 11 is 0. The zero-order valence-corrected chi connectivity index (χ0v) is 37.7. The molecule has 0 aliphatic rings. The van der Waals surface area contributed by atoms with Gasteiger partial charge in [0.15, 0.2) is 11.6 Å². The number of H-pyrrole nitrogens is 1. The maximum atomic E-state index is 13.3. The van der Waals surface area contributed by atoms with Crippen molar-refractivity contribution >= 4 is 20.0 Å². The zero-order valence-electron chi connectivity index (χ0n) is 36.7. The average molecular weight is 945 g/mol. The second-order valence-electron chi connectivity index (χ2n) is 17.2. The fourth-order valence-electron chi connectivity index (χ4n) is 5.07. The maximum absolute atomic E-state index is 13.3. The van der Waals surface area contributed by atoms with Gasteiger partial charge < -0.3 is 24.4 Å². The quantitative estimate of drug-likeness (QED) is 0.0442. The SMILES string of the molecule is CC(C)(COc1ccc(-c2ccc(-c3n[nH]c(C(F)(F)F)n3)nc2)cn1)C(=O)O.CC(C)(COc1ccc(-c2ccc(-c3nc(C(F)(F)F)nn3COCC[Si](C)(C)C)nc2)cn1)C(=O)O. The molecule has 0 spiro atoms. The number of hydrogen-bond donors (Lipinski definition) is 3. The molecule has 352 valence electrons. The predicted molar refractivity (Wildman–Crippen MR) is 227 cm³/mol. The standard InChI is InChI=1S/C24H30F3N5O4Si.C18H16F3N5O3/c1-23(2,22(33)34)14-36-19-9-7-17(13-29-19)16-6-8-18(28-12-16)20-30-21(24(25,26)27)31-32(20)15-35-10-11-37(3,4)5;1-17(2,16(27)28)9-29-13-6-4-11(8-23-13)10-3-5-12(22-7-10)14-24-15(26-25-14)18(19,20)21/h6-9,12-13H,10-11,14-15H2,1-5H3,(H,33,34);3-8H,9H2,1-2H3,(H,27,28)(H,24,25,26). The molecule has 0 aromatic carbocycles. The predicted octanol–water partition coefficient (Wildman–Crippen LogP) is 8.66. The van der Waals surface area contributed by atoms with E-state index in [1.54, 1.807) is 70.2 Å². The molecule has 0 aliphatic carbocycles. The monoisotopic (exact) mass is 944 g/mol. The third kappa shape index (κ3) is 13.8. The largest absolute Gasteiger partial charge is 0.481 e. The van der Waals surface area contributed by atoms with Gasteiger partial charge in [0.25, 0.3) is 5.82 Å². The highest BCUT2D eigenvalue weighted by molar-refractivity contribution is 6.76. The number of carboxylic acid groups (broad SMARTS) is 2. The Morgan fingerprint density at radius 2 is 1.14 bits per heavy atom. The average Bonchev–Trinajstić information content (AvgIpc) is 3.94. The van der Waals surface area contributed by atoms with E-state index in [2.05, 4.69) is 59.7 Å². The summed E-state index contributed by atoms with van der Waals surface area (Å²) in [6.07, 6.45) is -3.29. The van der Waals surface area contributed by atoms with Crippen LogP contribution in [0.1, 0.15) is 39.3 Å². The third-order valence-corrected chi connectivity index (χ3v) is 11.0. The van der Waals surface area contributed by atoms with E-state index >= 15 is 0 Å². The minimum Gasteiger partial charge on any atom is -0.481 e. The Kier molecular flexibility index (Phi) is 15.3. The molecule has 3 N–H and O–H groups in total. The second-order valence-corrected chi connectivity index (χ2v) is 22.8. The number of aromatic nitrogens is 10. The Morgan fingerprint density at radius 3 is 1.52 bits per heavy atom. The Morgan fingerprint density at radius 1 is 0.667 bits per heavy atom. The zero-order chi connectivity index (χ0) is 48.7. The summed E-state index contributed by atoms with van der Waals surface area (Å²) in [6, 6.07) is 13.9. The van der Waals surface area contributed by atoms with Crippen molar-refractivity contribution in [1.29, 1.82) is 0 Å². The minimum atomic E-state index is -4.70. The molecular weight excluding hydrogens is 899 g/mol. The van der Waals surface area contributed by atoms with Gasteiger partial charge in [-0.25, -0.2) is 24.6 Å². The number of rotatable bonds is 17. The number of carboxylic acids is 2. The van der Waals surface area contributed by atoms with Crippen LogP contribution in [-0.2, 0) is 33.4 Å². The number of aromatic amines is 1. The van der Waals surface area contributed by atoms with Crippen molar-refractivity contribution in [2.75, 3.05) is 19.8 Å². The van der Waals surface area contributed by atoms with Gasteiger partial charge in [-0.2, -0.15) is 31.4 Å². The van der Waals surface area contributed by atoms with Crippen LogP contribution in [0, 0.1) is 10.8 Å². The van der Waals surface area contributed by atoms with Crippen LogP contribution >= 0.6 is 0 Å². The molecule has 6 aromatic rings. The van der Waals surface area contributed by atoms with Crippen LogP contribution in [0.3, 0.4) is 0 Å². The Balaban J connectivity index is 0.000000255. The molecule has 6 aromatic heterocycles. The van der Waals surface area contributed by atoms with Crippen LogP contribution in [0.15, 0.2) is 73.3 Å². The first-order chi connectivity index (χ1) is 30.7. The molecule has 6 heterocycles. The van der Waals surface area contributed by atoms with Crippen molar-refractivity contribution in [2.24, 2.45) is 10.8 Å². The van der Waals surface area contributed by atoms with Crippen molar-refractivity contribution in [1.82, 2.24) is 49.9 Å². The number of nitrogens with zero attached hydrogens (tertiary/aromatic N) is 9. The summed E-state index contributed by atoms with van der Waals surface area (Å²) < 4.78 is 95.2. The molecule has 24 heteroatoms. The maximum Gasteiger partial charge on any atom is 0.453 e. The van der Waals surface area contributed by atoms with Crippen molar-refractivity contribution in [3.63, 3.8) is 0 Å². The van der Waals surface area contributed by atoms with Crippen molar-refractivity contribution in [2.45, 2.75) is 72.5 Å². The molecule has 0 radical (unpaired) electrons. The van der Waals surface area contributed by atoms with E-state index in [9.17, 15) is 41.0 Å².